The van der Waals surface area contributed by atoms with Crippen LogP contribution in [0, 0.1) is 0 Å². The van der Waals surface area contributed by atoms with Gasteiger partial charge in [0.1, 0.15) is 0 Å². The van der Waals surface area contributed by atoms with Crippen molar-refractivity contribution in [3.63, 3.8) is 0 Å². The third kappa shape index (κ3) is 112. The molecule has 0 heterocycles. The van der Waals surface area contributed by atoms with Gasteiger partial charge in [0.15, 0.2) is 0 Å². The van der Waals surface area contributed by atoms with Crippen LogP contribution < -0.4 is 11.5 Å². The zero-order valence-corrected chi connectivity index (χ0v) is 8.24. The van der Waals surface area contributed by atoms with Crippen molar-refractivity contribution in [3.8, 4) is 0 Å². The fourth-order valence-electron chi connectivity index (χ4n) is 0. The molecule has 0 amide bonds. The van der Waals surface area contributed by atoms with Crippen molar-refractivity contribution in [1.29, 1.82) is 0 Å². The first kappa shape index (κ1) is 37.8. The summed E-state index contributed by atoms with van der Waals surface area (Å²) in [6, 6.07) is 0. The molecule has 92 valence electrons. The summed E-state index contributed by atoms with van der Waals surface area (Å²) in [6.07, 6.45) is 0. The minimum absolute atomic E-state index is 0. The summed E-state index contributed by atoms with van der Waals surface area (Å²) in [5, 5.41) is 15.2. The first-order valence-electron chi connectivity index (χ1n) is 2.38. The molecule has 0 atom stereocenters. The predicted octanol–water partition coefficient (Wildman–Crippen LogP) is -4.42. The minimum Gasteiger partial charge on any atom is -0.480 e. The van der Waals surface area contributed by atoms with E-state index in [1.165, 1.54) is 0 Å². The molecule has 0 aliphatic carbocycles. The Morgan fingerprint density at radius 1 is 0.857 bits per heavy atom. The van der Waals surface area contributed by atoms with Gasteiger partial charge in [-0.3, -0.25) is 9.59 Å². The molecule has 0 radical (unpaired) electrons. The van der Waals surface area contributed by atoms with Crippen molar-refractivity contribution < 1.29 is 53.3 Å². The van der Waals surface area contributed by atoms with Gasteiger partial charge in [-0.25, -0.2) is 0 Å². The predicted molar refractivity (Wildman–Crippen MR) is 44.2 cm³/mol. The van der Waals surface area contributed by atoms with Crippen molar-refractivity contribution >= 4 is 11.9 Å². The summed E-state index contributed by atoms with van der Waals surface area (Å²) < 4.78 is 0. The third-order valence-corrected chi connectivity index (χ3v) is 0.349. The average molecular weight is 260 g/mol. The first-order valence-corrected chi connectivity index (χ1v) is 2.38. The molecule has 0 unspecified atom stereocenters. The first-order chi connectivity index (χ1) is 4.54. The maximum Gasteiger partial charge on any atom is 0.317 e. The van der Waals surface area contributed by atoms with Gasteiger partial charge in [-0.1, -0.05) is 0 Å². The van der Waals surface area contributed by atoms with E-state index in [2.05, 4.69) is 11.5 Å². The van der Waals surface area contributed by atoms with Gasteiger partial charge in [0.25, 0.3) is 0 Å². The Morgan fingerprint density at radius 2 is 0.929 bits per heavy atom. The molecule has 0 bridgehead atoms. The Hall–Kier alpha value is -0.741. The smallest absolute Gasteiger partial charge is 0.317 e. The van der Waals surface area contributed by atoms with Crippen molar-refractivity contribution in [1.82, 2.24) is 0 Å². The number of hydrogen-bond donors (Lipinski definition) is 4. The van der Waals surface area contributed by atoms with Gasteiger partial charge in [0.05, 0.1) is 13.1 Å². The molecule has 0 aromatic rings. The summed E-state index contributed by atoms with van der Waals surface area (Å²) in [4.78, 5) is 18.5. The van der Waals surface area contributed by atoms with Crippen LogP contribution in [-0.2, 0) is 26.7 Å². The fourth-order valence-corrected chi connectivity index (χ4v) is 0. The maximum atomic E-state index is 9.24. The van der Waals surface area contributed by atoms with Crippen LogP contribution in [0.5, 0.6) is 0 Å². The molecular formula is C4H16FeN2O7. The number of carbonyl (C=O) groups is 2. The van der Waals surface area contributed by atoms with E-state index in [1.807, 2.05) is 0 Å². The quantitative estimate of drug-likeness (QED) is 0.358. The zero-order valence-electron chi connectivity index (χ0n) is 7.13. The van der Waals surface area contributed by atoms with Crippen LogP contribution in [0.15, 0.2) is 0 Å². The van der Waals surface area contributed by atoms with Crippen LogP contribution in [0.4, 0.5) is 0 Å². The van der Waals surface area contributed by atoms with Crippen LogP contribution >= 0.6 is 0 Å². The van der Waals surface area contributed by atoms with E-state index in [-0.39, 0.29) is 46.6 Å². The number of carboxylic acid groups (broad SMARTS) is 2. The molecule has 0 saturated carbocycles. The number of hydrogen-bond acceptors (Lipinski definition) is 4. The van der Waals surface area contributed by atoms with Crippen molar-refractivity contribution in [2.75, 3.05) is 13.1 Å². The second-order valence-corrected chi connectivity index (χ2v) is 1.20. The second-order valence-electron chi connectivity index (χ2n) is 1.20. The van der Waals surface area contributed by atoms with Crippen LogP contribution in [0.25, 0.3) is 0 Å². The minimum atomic E-state index is -0.968. The molecule has 0 aromatic carbocycles. The number of nitrogens with two attached hydrogens (primary N) is 2. The summed E-state index contributed by atoms with van der Waals surface area (Å²) in [5.74, 6) is -1.94. The number of carboxylic acids is 2. The Labute approximate surface area is 90.5 Å². The molecule has 0 fully saturated rings. The molecule has 12 N–H and O–H groups in total. The van der Waals surface area contributed by atoms with Gasteiger partial charge in [-0.2, -0.15) is 0 Å². The molecule has 0 aromatic heterocycles. The Kier molecular flexibility index (Phi) is 79.7. The average Bonchev–Trinajstić information content (AvgIpc) is 1.89. The van der Waals surface area contributed by atoms with Gasteiger partial charge in [0, 0.05) is 17.1 Å². The Balaban J connectivity index is -0.0000000178. The van der Waals surface area contributed by atoms with E-state index in [0.29, 0.717) is 0 Å². The Morgan fingerprint density at radius 3 is 0.929 bits per heavy atom. The van der Waals surface area contributed by atoms with Crippen molar-refractivity contribution in [2.45, 2.75) is 0 Å². The normalized spacial score (nSPS) is 5.29. The summed E-state index contributed by atoms with van der Waals surface area (Å²) in [5.41, 5.74) is 9.14. The number of aliphatic carboxylic acids is 2. The largest absolute Gasteiger partial charge is 0.480 e. The molecule has 0 aliphatic heterocycles. The van der Waals surface area contributed by atoms with Gasteiger partial charge in [0.2, 0.25) is 0 Å². The maximum absolute atomic E-state index is 9.24. The molecule has 0 rings (SSSR count). The van der Waals surface area contributed by atoms with Crippen LogP contribution in [0.2, 0.25) is 0 Å². The van der Waals surface area contributed by atoms with Crippen LogP contribution in [-0.4, -0.2) is 51.7 Å². The van der Waals surface area contributed by atoms with E-state index < -0.39 is 11.9 Å². The molecule has 0 spiro atoms. The molecule has 9 nitrogen and oxygen atoms in total. The number of rotatable bonds is 2. The molecule has 14 heavy (non-hydrogen) atoms. The zero-order chi connectivity index (χ0) is 8.57. The van der Waals surface area contributed by atoms with E-state index in [0.717, 1.165) is 0 Å². The summed E-state index contributed by atoms with van der Waals surface area (Å²) in [6.45, 7) is -0.556. The van der Waals surface area contributed by atoms with Gasteiger partial charge in [-0.15, -0.1) is 0 Å². The van der Waals surface area contributed by atoms with Crippen LogP contribution in [0.3, 0.4) is 0 Å². The fraction of sp³-hybridized carbons (Fsp3) is 0.500. The second kappa shape index (κ2) is 29.5. The molecule has 10 heteroatoms. The van der Waals surface area contributed by atoms with Crippen molar-refractivity contribution in [3.05, 3.63) is 0 Å². The SMILES string of the molecule is NCC(=O)O.NCC(=O)O.O.O.O.[Fe]. The Bertz CT molecular complexity index is 108. The third-order valence-electron chi connectivity index (χ3n) is 0.349. The van der Waals surface area contributed by atoms with Gasteiger partial charge in [-0.05, 0) is 0 Å². The topological polar surface area (TPSA) is 221 Å². The van der Waals surface area contributed by atoms with E-state index in [9.17, 15) is 9.59 Å². The summed E-state index contributed by atoms with van der Waals surface area (Å²) >= 11 is 0. The van der Waals surface area contributed by atoms with E-state index in [4.69, 9.17) is 10.2 Å². The molecule has 0 saturated heterocycles. The van der Waals surface area contributed by atoms with E-state index >= 15 is 0 Å². The van der Waals surface area contributed by atoms with Crippen LogP contribution in [0.1, 0.15) is 0 Å². The monoisotopic (exact) mass is 260 g/mol. The summed E-state index contributed by atoms with van der Waals surface area (Å²) in [7, 11) is 0. The van der Waals surface area contributed by atoms with Gasteiger partial charge >= 0.3 is 11.9 Å². The van der Waals surface area contributed by atoms with E-state index in [1.54, 1.807) is 0 Å². The van der Waals surface area contributed by atoms with Gasteiger partial charge < -0.3 is 38.1 Å². The molecular weight excluding hydrogens is 244 g/mol. The molecule has 0 aliphatic rings. The standard InChI is InChI=1S/2C2H5NO2.Fe.3H2O/c2*3-1-2(4)5;;;;/h2*1,3H2,(H,4,5);;3*1H2. The van der Waals surface area contributed by atoms with Crippen molar-refractivity contribution in [2.24, 2.45) is 11.5 Å².